The Labute approximate surface area is 179 Å². The first-order valence-electron chi connectivity index (χ1n) is 10.2. The van der Waals surface area contributed by atoms with Gasteiger partial charge in [0.15, 0.2) is 5.65 Å². The average Bonchev–Trinajstić information content (AvgIpc) is 3.40. The Morgan fingerprint density at radius 1 is 1.19 bits per heavy atom. The van der Waals surface area contributed by atoms with Gasteiger partial charge in [0.2, 0.25) is 0 Å². The monoisotopic (exact) mass is 420 g/mol. The van der Waals surface area contributed by atoms with Crippen LogP contribution in [0.25, 0.3) is 16.9 Å². The Kier molecular flexibility index (Phi) is 4.78. The van der Waals surface area contributed by atoms with Gasteiger partial charge in [0, 0.05) is 49.3 Å². The second-order valence-corrected chi connectivity index (χ2v) is 7.73. The van der Waals surface area contributed by atoms with Crippen molar-refractivity contribution in [2.75, 3.05) is 20.8 Å². The minimum absolute atomic E-state index is 0.0567. The van der Waals surface area contributed by atoms with E-state index in [1.54, 1.807) is 20.5 Å². The molecule has 31 heavy (non-hydrogen) atoms. The first-order chi connectivity index (χ1) is 15.1. The molecule has 1 aliphatic rings. The second-order valence-electron chi connectivity index (χ2n) is 7.73. The summed E-state index contributed by atoms with van der Waals surface area (Å²) in [6, 6.07) is 9.59. The first kappa shape index (κ1) is 19.4. The van der Waals surface area contributed by atoms with Crippen LogP contribution in [0.1, 0.15) is 22.6 Å². The number of aryl methyl sites for hydroxylation is 1. The molecule has 4 heterocycles. The molecule has 0 atom stereocenters. The van der Waals surface area contributed by atoms with Crippen molar-refractivity contribution in [1.29, 1.82) is 0 Å². The number of rotatable bonds is 5. The Hall–Kier alpha value is -3.52. The molecule has 0 spiro atoms. The van der Waals surface area contributed by atoms with E-state index in [4.69, 9.17) is 18.9 Å². The van der Waals surface area contributed by atoms with Crippen molar-refractivity contribution >= 4 is 5.65 Å². The highest BCUT2D eigenvalue weighted by atomic mass is 16.5. The van der Waals surface area contributed by atoms with E-state index in [2.05, 4.69) is 10.00 Å². The Bertz CT molecular complexity index is 1320. The van der Waals surface area contributed by atoms with Crippen LogP contribution in [-0.4, -0.2) is 40.3 Å². The Morgan fingerprint density at radius 3 is 2.81 bits per heavy atom. The number of hydrogen-bond acceptors (Lipinski definition) is 6. The van der Waals surface area contributed by atoms with E-state index in [9.17, 15) is 4.79 Å². The summed E-state index contributed by atoms with van der Waals surface area (Å²) in [5.74, 6) is 2.33. The van der Waals surface area contributed by atoms with Crippen LogP contribution in [0.3, 0.4) is 0 Å². The zero-order valence-electron chi connectivity index (χ0n) is 17.8. The van der Waals surface area contributed by atoms with Crippen LogP contribution in [0.2, 0.25) is 0 Å². The molecule has 0 saturated carbocycles. The third-order valence-corrected chi connectivity index (χ3v) is 5.88. The van der Waals surface area contributed by atoms with Crippen molar-refractivity contribution in [3.05, 3.63) is 69.5 Å². The number of furan rings is 1. The molecule has 0 amide bonds. The van der Waals surface area contributed by atoms with Gasteiger partial charge in [-0.3, -0.25) is 14.8 Å². The van der Waals surface area contributed by atoms with E-state index in [1.165, 1.54) is 4.52 Å². The number of nitrogens with zero attached hydrogens (tertiary/aromatic N) is 3. The lowest BCUT2D eigenvalue weighted by Crippen LogP contribution is -2.36. The predicted octanol–water partition coefficient (Wildman–Crippen LogP) is 3.17. The molecule has 0 bridgehead atoms. The summed E-state index contributed by atoms with van der Waals surface area (Å²) < 4.78 is 17.7. The quantitative estimate of drug-likeness (QED) is 0.534. The number of nitrogens with one attached hydrogen (secondary N) is 1. The number of benzene rings is 1. The van der Waals surface area contributed by atoms with Crippen LogP contribution in [0.4, 0.5) is 0 Å². The fraction of sp³-hybridized carbons (Fsp3) is 0.304. The predicted molar refractivity (Wildman–Crippen MR) is 116 cm³/mol. The van der Waals surface area contributed by atoms with Crippen molar-refractivity contribution in [1.82, 2.24) is 19.5 Å². The van der Waals surface area contributed by atoms with Crippen molar-refractivity contribution in [2.24, 2.45) is 0 Å². The summed E-state index contributed by atoms with van der Waals surface area (Å²) in [5, 5.41) is 3.18. The van der Waals surface area contributed by atoms with Crippen LogP contribution < -0.4 is 15.0 Å². The highest BCUT2D eigenvalue weighted by Gasteiger charge is 2.24. The molecule has 0 fully saturated rings. The lowest BCUT2D eigenvalue weighted by atomic mass is 10.1. The van der Waals surface area contributed by atoms with Crippen LogP contribution in [0.5, 0.6) is 11.5 Å². The van der Waals surface area contributed by atoms with Gasteiger partial charge in [0.1, 0.15) is 17.3 Å². The van der Waals surface area contributed by atoms with E-state index in [-0.39, 0.29) is 5.56 Å². The van der Waals surface area contributed by atoms with E-state index in [0.717, 1.165) is 58.3 Å². The number of aromatic nitrogens is 3. The molecule has 8 heteroatoms. The maximum atomic E-state index is 13.2. The van der Waals surface area contributed by atoms with E-state index in [1.807, 2.05) is 37.3 Å². The largest absolute Gasteiger partial charge is 0.497 e. The van der Waals surface area contributed by atoms with Gasteiger partial charge in [-0.15, -0.1) is 0 Å². The van der Waals surface area contributed by atoms with Crippen molar-refractivity contribution in [3.8, 4) is 22.8 Å². The zero-order chi connectivity index (χ0) is 21.5. The summed E-state index contributed by atoms with van der Waals surface area (Å²) in [5.41, 5.74) is 4.97. The smallest absolute Gasteiger partial charge is 0.277 e. The van der Waals surface area contributed by atoms with Crippen LogP contribution >= 0.6 is 0 Å². The molecule has 0 saturated heterocycles. The lowest BCUT2D eigenvalue weighted by Gasteiger charge is -2.28. The van der Waals surface area contributed by atoms with Gasteiger partial charge in [-0.05, 0) is 19.1 Å². The Balaban J connectivity index is 1.46. The maximum Gasteiger partial charge on any atom is 0.277 e. The van der Waals surface area contributed by atoms with Gasteiger partial charge < -0.3 is 13.9 Å². The van der Waals surface area contributed by atoms with Gasteiger partial charge in [0.25, 0.3) is 5.56 Å². The van der Waals surface area contributed by atoms with Gasteiger partial charge in [-0.1, -0.05) is 6.07 Å². The van der Waals surface area contributed by atoms with Crippen molar-refractivity contribution in [2.45, 2.75) is 26.4 Å². The molecule has 5 rings (SSSR count). The summed E-state index contributed by atoms with van der Waals surface area (Å²) >= 11 is 0. The maximum absolute atomic E-state index is 13.2. The van der Waals surface area contributed by atoms with Crippen molar-refractivity contribution < 1.29 is 13.9 Å². The number of aromatic amines is 1. The summed E-state index contributed by atoms with van der Waals surface area (Å²) in [7, 11) is 3.29. The van der Waals surface area contributed by atoms with Gasteiger partial charge >= 0.3 is 0 Å². The minimum Gasteiger partial charge on any atom is -0.497 e. The molecule has 8 nitrogen and oxygen atoms in total. The number of H-pyrrole nitrogens is 1. The minimum atomic E-state index is -0.0567. The zero-order valence-corrected chi connectivity index (χ0v) is 17.8. The standard InChI is InChI=1S/C23H24N4O4/c1-14-17(7-9-31-14)20-11-22-24-19-6-8-26(13-18(19)23(28)27(22)25-20)12-15-4-5-16(29-2)10-21(15)30-3/h4-5,7,9-11,25H,6,8,12-13H2,1-3H3. The highest BCUT2D eigenvalue weighted by molar-refractivity contribution is 5.65. The molecular weight excluding hydrogens is 396 g/mol. The van der Waals surface area contributed by atoms with Gasteiger partial charge in [-0.2, -0.15) is 0 Å². The number of fused-ring (bicyclic) bond motifs is 2. The van der Waals surface area contributed by atoms with Gasteiger partial charge in [-0.25, -0.2) is 9.50 Å². The molecule has 1 aromatic carbocycles. The third kappa shape index (κ3) is 3.38. The summed E-state index contributed by atoms with van der Waals surface area (Å²) in [4.78, 5) is 20.3. The lowest BCUT2D eigenvalue weighted by molar-refractivity contribution is 0.237. The highest BCUT2D eigenvalue weighted by Crippen LogP contribution is 2.28. The fourth-order valence-electron chi connectivity index (χ4n) is 4.20. The normalized spacial score (nSPS) is 14.0. The number of methoxy groups -OCH3 is 2. The van der Waals surface area contributed by atoms with Crippen LogP contribution in [-0.2, 0) is 19.5 Å². The molecule has 0 aliphatic carbocycles. The molecule has 4 aromatic rings. The molecule has 1 N–H and O–H groups in total. The van der Waals surface area contributed by atoms with E-state index >= 15 is 0 Å². The van der Waals surface area contributed by atoms with Crippen LogP contribution in [0.15, 0.2) is 45.8 Å². The second kappa shape index (κ2) is 7.63. The van der Waals surface area contributed by atoms with Gasteiger partial charge in [0.05, 0.1) is 37.4 Å². The van der Waals surface area contributed by atoms with Crippen molar-refractivity contribution in [3.63, 3.8) is 0 Å². The summed E-state index contributed by atoms with van der Waals surface area (Å²) in [6.45, 7) is 3.94. The third-order valence-electron chi connectivity index (χ3n) is 5.88. The molecule has 160 valence electrons. The average molecular weight is 420 g/mol. The molecular formula is C23H24N4O4. The SMILES string of the molecule is COc1ccc(CN2CCc3nc4cc(-c5ccoc5C)[nH]n4c(=O)c3C2)c(OC)c1. The first-order valence-corrected chi connectivity index (χ1v) is 10.2. The topological polar surface area (TPSA) is 85.0 Å². The Morgan fingerprint density at radius 2 is 2.06 bits per heavy atom. The number of ether oxygens (including phenoxy) is 2. The molecule has 0 radical (unpaired) electrons. The van der Waals surface area contributed by atoms with Crippen LogP contribution in [0, 0.1) is 6.92 Å². The summed E-state index contributed by atoms with van der Waals surface area (Å²) in [6.07, 6.45) is 2.37. The molecule has 3 aromatic heterocycles. The number of hydrogen-bond donors (Lipinski definition) is 1. The van der Waals surface area contributed by atoms with E-state index in [0.29, 0.717) is 18.7 Å². The van der Waals surface area contributed by atoms with E-state index < -0.39 is 0 Å². The fourth-order valence-corrected chi connectivity index (χ4v) is 4.20. The molecule has 1 aliphatic heterocycles. The molecule has 0 unspecified atom stereocenters.